The fraction of sp³-hybridized carbons (Fsp3) is 0.190. The highest BCUT2D eigenvalue weighted by molar-refractivity contribution is 7.12. The number of rotatable bonds is 5. The number of thiophene rings is 1. The number of carbonyl (C=O) groups excluding carboxylic acids is 1. The first-order valence-electron chi connectivity index (χ1n) is 8.16. The normalized spacial score (nSPS) is 10.5. The van der Waals surface area contributed by atoms with Gasteiger partial charge >= 0.3 is 0 Å². The van der Waals surface area contributed by atoms with E-state index in [-0.39, 0.29) is 5.91 Å². The Bertz CT molecular complexity index is 884. The third-order valence-electron chi connectivity index (χ3n) is 4.06. The molecule has 0 aliphatic heterocycles. The molecule has 1 aromatic heterocycles. The third kappa shape index (κ3) is 4.09. The van der Waals surface area contributed by atoms with Crippen molar-refractivity contribution < 1.29 is 9.53 Å². The van der Waals surface area contributed by atoms with Crippen LogP contribution in [0, 0.1) is 13.8 Å². The maximum absolute atomic E-state index is 12.5. The molecule has 25 heavy (non-hydrogen) atoms. The largest absolute Gasteiger partial charge is 0.496 e. The number of hydrogen-bond acceptors (Lipinski definition) is 3. The second-order valence-corrected chi connectivity index (χ2v) is 7.43. The number of nitrogens with one attached hydrogen (secondary N) is 1. The Hall–Kier alpha value is -2.59. The van der Waals surface area contributed by atoms with Gasteiger partial charge in [0.05, 0.1) is 12.7 Å². The first-order chi connectivity index (χ1) is 12.1. The van der Waals surface area contributed by atoms with Gasteiger partial charge in [-0.05, 0) is 43.7 Å². The highest BCUT2D eigenvalue weighted by Gasteiger charge is 2.13. The Balaban J connectivity index is 1.84. The lowest BCUT2D eigenvalue weighted by Gasteiger charge is -2.12. The lowest BCUT2D eigenvalue weighted by atomic mass is 10.0. The van der Waals surface area contributed by atoms with Crippen LogP contribution in [0.3, 0.4) is 0 Å². The van der Waals surface area contributed by atoms with Crippen molar-refractivity contribution in [3.8, 4) is 5.75 Å². The van der Waals surface area contributed by atoms with Crippen molar-refractivity contribution in [2.24, 2.45) is 0 Å². The number of benzene rings is 2. The minimum Gasteiger partial charge on any atom is -0.496 e. The van der Waals surface area contributed by atoms with Crippen molar-refractivity contribution in [3.63, 3.8) is 0 Å². The molecule has 0 unspecified atom stereocenters. The van der Waals surface area contributed by atoms with E-state index in [9.17, 15) is 4.79 Å². The Kier molecular flexibility index (Phi) is 5.19. The summed E-state index contributed by atoms with van der Waals surface area (Å²) in [5.74, 6) is 0.752. The Morgan fingerprint density at radius 1 is 1.08 bits per heavy atom. The van der Waals surface area contributed by atoms with Crippen LogP contribution in [-0.2, 0) is 6.42 Å². The molecular formula is C21H21NO2S. The fourth-order valence-corrected chi connectivity index (χ4v) is 3.79. The van der Waals surface area contributed by atoms with Crippen LogP contribution >= 0.6 is 11.3 Å². The number of ether oxygens (including phenoxy) is 1. The average Bonchev–Trinajstić information content (AvgIpc) is 2.94. The van der Waals surface area contributed by atoms with Crippen molar-refractivity contribution in [1.29, 1.82) is 0 Å². The van der Waals surface area contributed by atoms with Gasteiger partial charge in [-0.3, -0.25) is 4.79 Å². The molecule has 3 aromatic rings. The summed E-state index contributed by atoms with van der Waals surface area (Å²) in [6, 6.07) is 17.9. The summed E-state index contributed by atoms with van der Waals surface area (Å²) in [5, 5.41) is 3.00. The van der Waals surface area contributed by atoms with E-state index < -0.39 is 0 Å². The highest BCUT2D eigenvalue weighted by Crippen LogP contribution is 2.27. The minimum atomic E-state index is -0.0716. The van der Waals surface area contributed by atoms with E-state index in [0.29, 0.717) is 0 Å². The molecule has 3 nitrogen and oxygen atoms in total. The van der Waals surface area contributed by atoms with Crippen molar-refractivity contribution in [2.45, 2.75) is 20.3 Å². The molecule has 0 aliphatic carbocycles. The summed E-state index contributed by atoms with van der Waals surface area (Å²) in [7, 11) is 1.67. The molecule has 0 spiro atoms. The van der Waals surface area contributed by atoms with Crippen LogP contribution < -0.4 is 10.1 Å². The second kappa shape index (κ2) is 7.53. The van der Waals surface area contributed by atoms with Crippen LogP contribution in [0.4, 0.5) is 5.69 Å². The van der Waals surface area contributed by atoms with Crippen molar-refractivity contribution in [3.05, 3.63) is 81.0 Å². The molecule has 0 atom stereocenters. The predicted molar refractivity (Wildman–Crippen MR) is 104 cm³/mol. The first kappa shape index (κ1) is 17.2. The summed E-state index contributed by atoms with van der Waals surface area (Å²) in [5.41, 5.74) is 3.77. The first-order valence-corrected chi connectivity index (χ1v) is 8.97. The Morgan fingerprint density at radius 3 is 2.48 bits per heavy atom. The molecule has 0 fully saturated rings. The summed E-state index contributed by atoms with van der Waals surface area (Å²) in [4.78, 5) is 14.7. The van der Waals surface area contributed by atoms with Crippen molar-refractivity contribution >= 4 is 22.9 Å². The molecule has 3 rings (SSSR count). The smallest absolute Gasteiger partial charge is 0.256 e. The third-order valence-corrected chi connectivity index (χ3v) is 5.03. The zero-order chi connectivity index (χ0) is 17.8. The fourth-order valence-electron chi connectivity index (χ4n) is 2.86. The Labute approximate surface area is 152 Å². The number of anilines is 1. The molecule has 128 valence electrons. The maximum Gasteiger partial charge on any atom is 0.256 e. The van der Waals surface area contributed by atoms with Gasteiger partial charge in [0, 0.05) is 27.4 Å². The molecule has 0 bridgehead atoms. The molecule has 0 aliphatic rings. The van der Waals surface area contributed by atoms with E-state index in [1.54, 1.807) is 18.4 Å². The highest BCUT2D eigenvalue weighted by atomic mass is 32.1. The Morgan fingerprint density at radius 2 is 1.84 bits per heavy atom. The number of methoxy groups -OCH3 is 1. The summed E-state index contributed by atoms with van der Waals surface area (Å²) in [6.07, 6.45) is 0.754. The van der Waals surface area contributed by atoms with E-state index in [2.05, 4.69) is 17.4 Å². The van der Waals surface area contributed by atoms with Crippen LogP contribution in [0.25, 0.3) is 0 Å². The molecule has 0 saturated heterocycles. The zero-order valence-electron chi connectivity index (χ0n) is 14.6. The van der Waals surface area contributed by atoms with Crippen molar-refractivity contribution in [1.82, 2.24) is 0 Å². The lowest BCUT2D eigenvalue weighted by Crippen LogP contribution is -2.12. The van der Waals surface area contributed by atoms with E-state index in [1.165, 1.54) is 5.56 Å². The van der Waals surface area contributed by atoms with E-state index in [1.807, 2.05) is 56.3 Å². The van der Waals surface area contributed by atoms with Gasteiger partial charge in [-0.15, -0.1) is 11.3 Å². The van der Waals surface area contributed by atoms with Gasteiger partial charge in [-0.25, -0.2) is 0 Å². The van der Waals surface area contributed by atoms with E-state index in [4.69, 9.17) is 4.74 Å². The number of carbonyl (C=O) groups is 1. The molecular weight excluding hydrogens is 330 g/mol. The molecule has 1 amide bonds. The van der Waals surface area contributed by atoms with Gasteiger partial charge in [-0.1, -0.05) is 30.3 Å². The second-order valence-electron chi connectivity index (χ2n) is 5.97. The van der Waals surface area contributed by atoms with Crippen LogP contribution in [-0.4, -0.2) is 13.0 Å². The predicted octanol–water partition coefficient (Wildman–Crippen LogP) is 5.22. The van der Waals surface area contributed by atoms with Crippen molar-refractivity contribution in [2.75, 3.05) is 12.4 Å². The zero-order valence-corrected chi connectivity index (χ0v) is 15.4. The van der Waals surface area contributed by atoms with Gasteiger partial charge in [0.15, 0.2) is 0 Å². The summed E-state index contributed by atoms with van der Waals surface area (Å²) < 4.78 is 5.47. The van der Waals surface area contributed by atoms with Crippen LogP contribution in [0.15, 0.2) is 54.6 Å². The number of aryl methyl sites for hydroxylation is 2. The van der Waals surface area contributed by atoms with Crippen LogP contribution in [0.2, 0.25) is 0 Å². The van der Waals surface area contributed by atoms with Crippen LogP contribution in [0.5, 0.6) is 5.75 Å². The van der Waals surface area contributed by atoms with E-state index in [0.717, 1.165) is 38.7 Å². The number of hydrogen-bond donors (Lipinski definition) is 1. The lowest BCUT2D eigenvalue weighted by molar-refractivity contribution is 0.102. The maximum atomic E-state index is 12.5. The SMILES string of the molecule is COc1ccc(NC(=O)c2cc(C)sc2C)cc1Cc1ccccc1. The topological polar surface area (TPSA) is 38.3 Å². The summed E-state index contributed by atoms with van der Waals surface area (Å²) >= 11 is 1.64. The average molecular weight is 351 g/mol. The quantitative estimate of drug-likeness (QED) is 0.685. The minimum absolute atomic E-state index is 0.0716. The van der Waals surface area contributed by atoms with Gasteiger partial charge in [0.2, 0.25) is 0 Å². The van der Waals surface area contributed by atoms with E-state index >= 15 is 0 Å². The van der Waals surface area contributed by atoms with Gasteiger partial charge in [0.1, 0.15) is 5.75 Å². The number of amides is 1. The molecule has 1 N–H and O–H groups in total. The van der Waals surface area contributed by atoms with Gasteiger partial charge in [-0.2, -0.15) is 0 Å². The molecule has 2 aromatic carbocycles. The standard InChI is InChI=1S/C21H21NO2S/c1-14-11-19(15(2)25-14)21(23)22-18-9-10-20(24-3)17(13-18)12-16-7-5-4-6-8-16/h4-11,13H,12H2,1-3H3,(H,22,23). The summed E-state index contributed by atoms with van der Waals surface area (Å²) in [6.45, 7) is 3.99. The van der Waals surface area contributed by atoms with Gasteiger partial charge in [0.25, 0.3) is 5.91 Å². The molecule has 1 heterocycles. The van der Waals surface area contributed by atoms with Crippen LogP contribution in [0.1, 0.15) is 31.2 Å². The van der Waals surface area contributed by atoms with Gasteiger partial charge < -0.3 is 10.1 Å². The molecule has 4 heteroatoms. The monoisotopic (exact) mass is 351 g/mol. The molecule has 0 radical (unpaired) electrons. The molecule has 0 saturated carbocycles.